The van der Waals surface area contributed by atoms with Crippen LogP contribution in [0.4, 0.5) is 0 Å². The number of carbonyl (C=O) groups is 2. The van der Waals surface area contributed by atoms with Gasteiger partial charge in [-0.25, -0.2) is 0 Å². The molecule has 24 heavy (non-hydrogen) atoms. The lowest BCUT2D eigenvalue weighted by Crippen LogP contribution is -2.48. The molecule has 1 amide bonds. The molecular weight excluding hydrogens is 374 g/mol. The van der Waals surface area contributed by atoms with Gasteiger partial charge in [-0.3, -0.25) is 9.59 Å². The molecule has 2 rings (SSSR count). The summed E-state index contributed by atoms with van der Waals surface area (Å²) in [6.45, 7) is 1.75. The minimum atomic E-state index is -0.768. The third kappa shape index (κ3) is 5.05. The van der Waals surface area contributed by atoms with Crippen molar-refractivity contribution in [2.24, 2.45) is 0 Å². The van der Waals surface area contributed by atoms with Crippen molar-refractivity contribution in [1.82, 2.24) is 5.32 Å². The standard InChI is InChI=1S/C18H24BrNO4/c19-15-7-5-14(6-8-15)18(9-12-24-13-10-18)17(23)20-11-3-1-2-4-16(21)22/h5-8H,1-4,9-13H2,(H,20,23)(H,21,22). The number of aliphatic carboxylic acids is 1. The summed E-state index contributed by atoms with van der Waals surface area (Å²) in [7, 11) is 0. The lowest BCUT2D eigenvalue weighted by atomic mass is 9.73. The van der Waals surface area contributed by atoms with Crippen LogP contribution >= 0.6 is 15.9 Å². The molecule has 1 heterocycles. The van der Waals surface area contributed by atoms with Crippen LogP contribution in [0.3, 0.4) is 0 Å². The van der Waals surface area contributed by atoms with E-state index in [0.29, 0.717) is 39.0 Å². The van der Waals surface area contributed by atoms with Crippen molar-refractivity contribution in [2.75, 3.05) is 19.8 Å². The monoisotopic (exact) mass is 397 g/mol. The first-order valence-corrected chi connectivity index (χ1v) is 9.18. The molecular formula is C18H24BrNO4. The number of amides is 1. The maximum atomic E-state index is 12.9. The number of nitrogens with one attached hydrogen (secondary N) is 1. The molecule has 0 spiro atoms. The van der Waals surface area contributed by atoms with Crippen LogP contribution in [0.15, 0.2) is 28.7 Å². The van der Waals surface area contributed by atoms with Crippen LogP contribution in [0.25, 0.3) is 0 Å². The summed E-state index contributed by atoms with van der Waals surface area (Å²) in [5.74, 6) is -0.721. The van der Waals surface area contributed by atoms with Gasteiger partial charge in [0.05, 0.1) is 5.41 Å². The van der Waals surface area contributed by atoms with Crippen molar-refractivity contribution in [3.8, 4) is 0 Å². The van der Waals surface area contributed by atoms with E-state index in [2.05, 4.69) is 21.2 Å². The van der Waals surface area contributed by atoms with E-state index in [0.717, 1.165) is 22.9 Å². The summed E-state index contributed by atoms with van der Waals surface area (Å²) in [5, 5.41) is 11.7. The van der Waals surface area contributed by atoms with E-state index in [1.807, 2.05) is 24.3 Å². The van der Waals surface area contributed by atoms with Gasteiger partial charge < -0.3 is 15.2 Å². The molecule has 6 heteroatoms. The van der Waals surface area contributed by atoms with Gasteiger partial charge in [0, 0.05) is 30.7 Å². The fourth-order valence-corrected chi connectivity index (χ4v) is 3.35. The number of carboxylic acid groups (broad SMARTS) is 1. The molecule has 0 aliphatic carbocycles. The lowest BCUT2D eigenvalue weighted by Gasteiger charge is -2.36. The number of carboxylic acids is 1. The summed E-state index contributed by atoms with van der Waals surface area (Å²) in [6, 6.07) is 7.93. The van der Waals surface area contributed by atoms with Crippen LogP contribution in [0.1, 0.15) is 44.1 Å². The Balaban J connectivity index is 1.93. The molecule has 132 valence electrons. The number of carbonyl (C=O) groups excluding carboxylic acids is 1. The van der Waals surface area contributed by atoms with Gasteiger partial charge in [-0.1, -0.05) is 34.5 Å². The second kappa shape index (κ2) is 9.18. The zero-order valence-corrected chi connectivity index (χ0v) is 15.3. The molecule has 1 saturated heterocycles. The summed E-state index contributed by atoms with van der Waals surface area (Å²) < 4.78 is 6.45. The van der Waals surface area contributed by atoms with Crippen molar-refractivity contribution in [1.29, 1.82) is 0 Å². The van der Waals surface area contributed by atoms with Crippen molar-refractivity contribution in [2.45, 2.75) is 43.9 Å². The van der Waals surface area contributed by atoms with E-state index in [9.17, 15) is 9.59 Å². The van der Waals surface area contributed by atoms with Crippen molar-refractivity contribution in [3.63, 3.8) is 0 Å². The summed E-state index contributed by atoms with van der Waals surface area (Å²) >= 11 is 3.43. The second-order valence-corrected chi connectivity index (χ2v) is 7.08. The molecule has 1 fully saturated rings. The van der Waals surface area contributed by atoms with Gasteiger partial charge in [-0.2, -0.15) is 0 Å². The Kier molecular flexibility index (Phi) is 7.24. The normalized spacial score (nSPS) is 16.5. The van der Waals surface area contributed by atoms with Crippen LogP contribution in [0.5, 0.6) is 0 Å². The number of hydrogen-bond acceptors (Lipinski definition) is 3. The van der Waals surface area contributed by atoms with Crippen LogP contribution in [0.2, 0.25) is 0 Å². The topological polar surface area (TPSA) is 75.6 Å². The molecule has 1 aromatic rings. The first-order valence-electron chi connectivity index (χ1n) is 8.38. The molecule has 0 atom stereocenters. The Labute approximate surface area is 150 Å². The molecule has 1 aliphatic heterocycles. The number of rotatable bonds is 8. The van der Waals surface area contributed by atoms with E-state index >= 15 is 0 Å². The average Bonchev–Trinajstić information content (AvgIpc) is 2.58. The van der Waals surface area contributed by atoms with Crippen LogP contribution < -0.4 is 5.32 Å². The Morgan fingerprint density at radius 1 is 1.12 bits per heavy atom. The van der Waals surface area contributed by atoms with Crippen LogP contribution in [-0.2, 0) is 19.7 Å². The van der Waals surface area contributed by atoms with Crippen molar-refractivity contribution in [3.05, 3.63) is 34.3 Å². The largest absolute Gasteiger partial charge is 0.481 e. The first-order chi connectivity index (χ1) is 11.5. The van der Waals surface area contributed by atoms with E-state index in [1.54, 1.807) is 0 Å². The maximum Gasteiger partial charge on any atom is 0.303 e. The maximum absolute atomic E-state index is 12.9. The molecule has 0 bridgehead atoms. The average molecular weight is 398 g/mol. The molecule has 0 radical (unpaired) electrons. The van der Waals surface area contributed by atoms with Gasteiger partial charge in [0.25, 0.3) is 0 Å². The summed E-state index contributed by atoms with van der Waals surface area (Å²) in [6.07, 6.45) is 3.80. The highest BCUT2D eigenvalue weighted by molar-refractivity contribution is 9.10. The van der Waals surface area contributed by atoms with Gasteiger partial charge in [-0.15, -0.1) is 0 Å². The number of benzene rings is 1. The highest BCUT2D eigenvalue weighted by Gasteiger charge is 2.41. The van der Waals surface area contributed by atoms with E-state index < -0.39 is 11.4 Å². The molecule has 1 aliphatic rings. The minimum Gasteiger partial charge on any atom is -0.481 e. The Morgan fingerprint density at radius 2 is 1.79 bits per heavy atom. The highest BCUT2D eigenvalue weighted by atomic mass is 79.9. The summed E-state index contributed by atoms with van der Waals surface area (Å²) in [5.41, 5.74) is 0.498. The molecule has 2 N–H and O–H groups in total. The zero-order chi connectivity index (χ0) is 17.4. The third-order valence-corrected chi connectivity index (χ3v) is 5.06. The third-order valence-electron chi connectivity index (χ3n) is 4.53. The molecule has 5 nitrogen and oxygen atoms in total. The predicted octanol–water partition coefficient (Wildman–Crippen LogP) is 3.26. The fourth-order valence-electron chi connectivity index (χ4n) is 3.08. The van der Waals surface area contributed by atoms with Crippen molar-refractivity contribution < 1.29 is 19.4 Å². The SMILES string of the molecule is O=C(O)CCCCCNC(=O)C1(c2ccc(Br)cc2)CCOCC1. The van der Waals surface area contributed by atoms with Gasteiger partial charge in [0.1, 0.15) is 0 Å². The number of ether oxygens (including phenoxy) is 1. The van der Waals surface area contributed by atoms with Crippen molar-refractivity contribution >= 4 is 27.8 Å². The van der Waals surface area contributed by atoms with Gasteiger partial charge >= 0.3 is 5.97 Å². The second-order valence-electron chi connectivity index (χ2n) is 6.16. The highest BCUT2D eigenvalue weighted by Crippen LogP contribution is 2.35. The Hall–Kier alpha value is -1.40. The Bertz CT molecular complexity index is 553. The molecule has 0 saturated carbocycles. The van der Waals surface area contributed by atoms with E-state index in [1.165, 1.54) is 0 Å². The van der Waals surface area contributed by atoms with Gasteiger partial charge in [0.15, 0.2) is 0 Å². The quantitative estimate of drug-likeness (QED) is 0.660. The smallest absolute Gasteiger partial charge is 0.303 e. The molecule has 0 aromatic heterocycles. The minimum absolute atomic E-state index is 0.0476. The fraction of sp³-hybridized carbons (Fsp3) is 0.556. The van der Waals surface area contributed by atoms with Crippen LogP contribution in [0, 0.1) is 0 Å². The lowest BCUT2D eigenvalue weighted by molar-refractivity contribution is -0.137. The van der Waals surface area contributed by atoms with Gasteiger partial charge in [-0.05, 0) is 43.4 Å². The molecule has 1 aromatic carbocycles. The number of hydrogen-bond donors (Lipinski definition) is 2. The molecule has 0 unspecified atom stereocenters. The Morgan fingerprint density at radius 3 is 2.42 bits per heavy atom. The first kappa shape index (κ1) is 18.9. The van der Waals surface area contributed by atoms with Gasteiger partial charge in [0.2, 0.25) is 5.91 Å². The van der Waals surface area contributed by atoms with E-state index in [4.69, 9.17) is 9.84 Å². The predicted molar refractivity (Wildman–Crippen MR) is 95.0 cm³/mol. The summed E-state index contributed by atoms with van der Waals surface area (Å²) in [4.78, 5) is 23.4. The van der Waals surface area contributed by atoms with Crippen LogP contribution in [-0.4, -0.2) is 36.7 Å². The van der Waals surface area contributed by atoms with E-state index in [-0.39, 0.29) is 12.3 Å². The zero-order valence-electron chi connectivity index (χ0n) is 13.7. The number of unbranched alkanes of at least 4 members (excludes halogenated alkanes) is 2. The number of halogens is 1.